The summed E-state index contributed by atoms with van der Waals surface area (Å²) in [6.45, 7) is 6.85. The van der Waals surface area contributed by atoms with Crippen LogP contribution in [0.5, 0.6) is 0 Å². The van der Waals surface area contributed by atoms with E-state index in [9.17, 15) is 13.2 Å². The van der Waals surface area contributed by atoms with Crippen molar-refractivity contribution in [2.24, 2.45) is 5.92 Å². The SMILES string of the molecule is CCNS(=O)(=O)c1cccc(C(=O)NCC(c2cccs2)N2CCC(C)CC2)c1. The standard InChI is InChI=1S/C21H29N3O3S2/c1-3-23-29(26,27)18-7-4-6-17(14-18)21(25)22-15-19(20-8-5-13-28-20)24-11-9-16(2)10-12-24/h4-8,13-14,16,19,23H,3,9-12,15H2,1-2H3,(H,22,25). The number of hydrogen-bond donors (Lipinski definition) is 2. The van der Waals surface area contributed by atoms with Gasteiger partial charge in [0, 0.05) is 23.5 Å². The molecular weight excluding hydrogens is 406 g/mol. The van der Waals surface area contributed by atoms with Gasteiger partial charge in [-0.3, -0.25) is 9.69 Å². The number of likely N-dealkylation sites (tertiary alicyclic amines) is 1. The molecule has 0 saturated carbocycles. The van der Waals surface area contributed by atoms with E-state index in [4.69, 9.17) is 0 Å². The highest BCUT2D eigenvalue weighted by Gasteiger charge is 2.26. The van der Waals surface area contributed by atoms with E-state index < -0.39 is 10.0 Å². The van der Waals surface area contributed by atoms with Gasteiger partial charge >= 0.3 is 0 Å². The molecule has 6 nitrogen and oxygen atoms in total. The van der Waals surface area contributed by atoms with Gasteiger partial charge in [0.15, 0.2) is 0 Å². The highest BCUT2D eigenvalue weighted by Crippen LogP contribution is 2.29. The molecule has 0 aliphatic carbocycles. The summed E-state index contributed by atoms with van der Waals surface area (Å²) >= 11 is 1.70. The Labute approximate surface area is 177 Å². The van der Waals surface area contributed by atoms with E-state index in [0.717, 1.165) is 19.0 Å². The molecule has 1 aliphatic rings. The second-order valence-electron chi connectivity index (χ2n) is 7.49. The number of nitrogens with zero attached hydrogens (tertiary/aromatic N) is 1. The number of sulfonamides is 1. The van der Waals surface area contributed by atoms with E-state index in [1.165, 1.54) is 29.9 Å². The van der Waals surface area contributed by atoms with E-state index >= 15 is 0 Å². The first-order chi connectivity index (χ1) is 13.9. The average molecular weight is 436 g/mol. The van der Waals surface area contributed by atoms with Gasteiger partial charge < -0.3 is 5.32 Å². The molecule has 1 fully saturated rings. The Balaban J connectivity index is 1.71. The van der Waals surface area contributed by atoms with Gasteiger partial charge in [0.2, 0.25) is 10.0 Å². The number of carbonyl (C=O) groups excluding carboxylic acids is 1. The molecule has 3 rings (SSSR count). The maximum Gasteiger partial charge on any atom is 0.251 e. The molecule has 1 aliphatic heterocycles. The highest BCUT2D eigenvalue weighted by atomic mass is 32.2. The summed E-state index contributed by atoms with van der Waals surface area (Å²) in [5.41, 5.74) is 0.348. The largest absolute Gasteiger partial charge is 0.350 e. The van der Waals surface area contributed by atoms with E-state index in [2.05, 4.69) is 33.3 Å². The van der Waals surface area contributed by atoms with Crippen LogP contribution in [0.25, 0.3) is 0 Å². The van der Waals surface area contributed by atoms with Crippen molar-refractivity contribution in [3.05, 3.63) is 52.2 Å². The Bertz CT molecular complexity index is 905. The fourth-order valence-corrected chi connectivity index (χ4v) is 5.55. The minimum atomic E-state index is -3.59. The maximum absolute atomic E-state index is 12.7. The zero-order valence-corrected chi connectivity index (χ0v) is 18.6. The van der Waals surface area contributed by atoms with Crippen molar-refractivity contribution >= 4 is 27.3 Å². The number of benzene rings is 1. The van der Waals surface area contributed by atoms with E-state index in [0.29, 0.717) is 18.7 Å². The molecule has 1 aromatic carbocycles. The van der Waals surface area contributed by atoms with Crippen molar-refractivity contribution in [2.75, 3.05) is 26.2 Å². The van der Waals surface area contributed by atoms with E-state index in [1.807, 2.05) is 6.07 Å². The number of amides is 1. The zero-order chi connectivity index (χ0) is 20.9. The molecular formula is C21H29N3O3S2. The first kappa shape index (κ1) is 22.0. The van der Waals surface area contributed by atoms with Crippen LogP contribution in [0, 0.1) is 5.92 Å². The normalized spacial score (nSPS) is 17.2. The average Bonchev–Trinajstić information content (AvgIpc) is 3.24. The van der Waals surface area contributed by atoms with Gasteiger partial charge in [-0.2, -0.15) is 0 Å². The number of piperidine rings is 1. The van der Waals surface area contributed by atoms with Gasteiger partial charge in [-0.15, -0.1) is 11.3 Å². The predicted octanol–water partition coefficient (Wildman–Crippen LogP) is 3.25. The van der Waals surface area contributed by atoms with Crippen molar-refractivity contribution in [3.8, 4) is 0 Å². The highest BCUT2D eigenvalue weighted by molar-refractivity contribution is 7.89. The van der Waals surface area contributed by atoms with Crippen LogP contribution in [0.4, 0.5) is 0 Å². The molecule has 2 aromatic rings. The van der Waals surface area contributed by atoms with Crippen LogP contribution in [0.1, 0.15) is 48.0 Å². The van der Waals surface area contributed by atoms with Crippen molar-refractivity contribution in [1.29, 1.82) is 0 Å². The molecule has 8 heteroatoms. The number of hydrogen-bond acceptors (Lipinski definition) is 5. The van der Waals surface area contributed by atoms with Crippen molar-refractivity contribution in [3.63, 3.8) is 0 Å². The van der Waals surface area contributed by atoms with Crippen molar-refractivity contribution in [2.45, 2.75) is 37.6 Å². The molecule has 1 saturated heterocycles. The van der Waals surface area contributed by atoms with Crippen LogP contribution >= 0.6 is 11.3 Å². The first-order valence-electron chi connectivity index (χ1n) is 10.1. The minimum Gasteiger partial charge on any atom is -0.350 e. The number of thiophene rings is 1. The van der Waals surface area contributed by atoms with Crippen LogP contribution in [0.2, 0.25) is 0 Å². The molecule has 29 heavy (non-hydrogen) atoms. The first-order valence-corrected chi connectivity index (χ1v) is 12.4. The van der Waals surface area contributed by atoms with E-state index in [-0.39, 0.29) is 16.8 Å². The topological polar surface area (TPSA) is 78.5 Å². The van der Waals surface area contributed by atoms with Gasteiger partial charge in [-0.05, 0) is 61.5 Å². The van der Waals surface area contributed by atoms with Crippen LogP contribution in [0.3, 0.4) is 0 Å². The van der Waals surface area contributed by atoms with Gasteiger partial charge in [0.25, 0.3) is 5.91 Å². The lowest BCUT2D eigenvalue weighted by molar-refractivity contribution is 0.0914. The molecule has 158 valence electrons. The third kappa shape index (κ3) is 5.66. The monoisotopic (exact) mass is 435 g/mol. The van der Waals surface area contributed by atoms with Crippen LogP contribution in [0.15, 0.2) is 46.7 Å². The molecule has 1 unspecified atom stereocenters. The Morgan fingerprint density at radius 1 is 1.24 bits per heavy atom. The number of carbonyl (C=O) groups is 1. The minimum absolute atomic E-state index is 0.104. The summed E-state index contributed by atoms with van der Waals surface area (Å²) in [6, 6.07) is 10.5. The summed E-state index contributed by atoms with van der Waals surface area (Å²) in [4.78, 5) is 16.5. The molecule has 1 aromatic heterocycles. The molecule has 1 atom stereocenters. The molecule has 2 heterocycles. The maximum atomic E-state index is 12.7. The summed E-state index contributed by atoms with van der Waals surface area (Å²) in [6.07, 6.45) is 2.33. The summed E-state index contributed by atoms with van der Waals surface area (Å²) in [5, 5.41) is 5.08. The van der Waals surface area contributed by atoms with Crippen LogP contribution < -0.4 is 10.0 Å². The summed E-state index contributed by atoms with van der Waals surface area (Å²) in [7, 11) is -3.59. The van der Waals surface area contributed by atoms with Crippen LogP contribution in [-0.4, -0.2) is 45.4 Å². The Kier molecular flexibility index (Phi) is 7.45. The van der Waals surface area contributed by atoms with Gasteiger partial charge in [0.05, 0.1) is 10.9 Å². The molecule has 0 spiro atoms. The number of rotatable bonds is 8. The lowest BCUT2D eigenvalue weighted by Crippen LogP contribution is -2.41. The Morgan fingerprint density at radius 2 is 2.00 bits per heavy atom. The third-order valence-corrected chi connectivity index (χ3v) is 7.84. The Hall–Kier alpha value is -1.74. The van der Waals surface area contributed by atoms with Gasteiger partial charge in [-0.1, -0.05) is 26.0 Å². The predicted molar refractivity (Wildman–Crippen MR) is 117 cm³/mol. The van der Waals surface area contributed by atoms with Gasteiger partial charge in [0.1, 0.15) is 0 Å². The Morgan fingerprint density at radius 3 is 2.66 bits per heavy atom. The zero-order valence-electron chi connectivity index (χ0n) is 16.9. The fraction of sp³-hybridized carbons (Fsp3) is 0.476. The van der Waals surface area contributed by atoms with Crippen molar-refractivity contribution < 1.29 is 13.2 Å². The number of nitrogens with one attached hydrogen (secondary N) is 2. The quantitative estimate of drug-likeness (QED) is 0.667. The smallest absolute Gasteiger partial charge is 0.251 e. The lowest BCUT2D eigenvalue weighted by atomic mass is 9.97. The molecule has 2 N–H and O–H groups in total. The summed E-state index contributed by atoms with van der Waals surface area (Å²) < 4.78 is 26.9. The molecule has 0 radical (unpaired) electrons. The second kappa shape index (κ2) is 9.84. The van der Waals surface area contributed by atoms with Gasteiger partial charge in [-0.25, -0.2) is 13.1 Å². The van der Waals surface area contributed by atoms with E-state index in [1.54, 1.807) is 30.4 Å². The summed E-state index contributed by atoms with van der Waals surface area (Å²) in [5.74, 6) is 0.483. The third-order valence-electron chi connectivity index (χ3n) is 5.33. The molecule has 0 bridgehead atoms. The lowest BCUT2D eigenvalue weighted by Gasteiger charge is -2.36. The molecule has 1 amide bonds. The second-order valence-corrected chi connectivity index (χ2v) is 10.2. The fourth-order valence-electron chi connectivity index (χ4n) is 3.60. The van der Waals surface area contributed by atoms with Crippen molar-refractivity contribution in [1.82, 2.24) is 14.9 Å². The van der Waals surface area contributed by atoms with Crippen LogP contribution in [-0.2, 0) is 10.0 Å².